The number of nitrogens with zero attached hydrogens (tertiary/aromatic N) is 1. The molecule has 1 aliphatic rings. The molecule has 0 bridgehead atoms. The molecule has 2 rings (SSSR count). The summed E-state index contributed by atoms with van der Waals surface area (Å²) < 4.78 is 0. The highest BCUT2D eigenvalue weighted by molar-refractivity contribution is 5.14. The zero-order valence-electron chi connectivity index (χ0n) is 10.0. The number of hydrogen-bond donors (Lipinski definition) is 1. The molecule has 2 atom stereocenters. The number of aliphatic hydroxyl groups is 1. The van der Waals surface area contributed by atoms with E-state index in [4.69, 9.17) is 0 Å². The molecule has 1 aliphatic carbocycles. The van der Waals surface area contributed by atoms with Crippen LogP contribution in [0, 0.1) is 5.92 Å². The van der Waals surface area contributed by atoms with E-state index in [1.807, 2.05) is 24.5 Å². The molecule has 1 saturated carbocycles. The van der Waals surface area contributed by atoms with Crippen molar-refractivity contribution in [3.05, 3.63) is 30.1 Å². The molecule has 2 nitrogen and oxygen atoms in total. The Morgan fingerprint density at radius 2 is 2.12 bits per heavy atom. The highest BCUT2D eigenvalue weighted by Crippen LogP contribution is 2.38. The van der Waals surface area contributed by atoms with Crippen molar-refractivity contribution < 1.29 is 5.11 Å². The molecule has 0 spiro atoms. The fourth-order valence-corrected chi connectivity index (χ4v) is 2.97. The molecule has 1 aromatic rings. The van der Waals surface area contributed by atoms with Gasteiger partial charge in [-0.15, -0.1) is 0 Å². The first-order valence-corrected chi connectivity index (χ1v) is 6.36. The summed E-state index contributed by atoms with van der Waals surface area (Å²) in [7, 11) is 0. The lowest BCUT2D eigenvalue weighted by Crippen LogP contribution is -2.42. The van der Waals surface area contributed by atoms with E-state index in [1.165, 1.54) is 18.4 Å². The molecular weight excluding hydrogens is 198 g/mol. The second-order valence-corrected chi connectivity index (χ2v) is 4.99. The summed E-state index contributed by atoms with van der Waals surface area (Å²) in [5, 5.41) is 10.8. The van der Waals surface area contributed by atoms with Gasteiger partial charge in [-0.3, -0.25) is 4.98 Å². The molecule has 88 valence electrons. The van der Waals surface area contributed by atoms with Crippen LogP contribution in [0.2, 0.25) is 0 Å². The van der Waals surface area contributed by atoms with Crippen molar-refractivity contribution in [3.63, 3.8) is 0 Å². The number of rotatable bonds is 3. The highest BCUT2D eigenvalue weighted by atomic mass is 16.3. The third kappa shape index (κ3) is 2.43. The van der Waals surface area contributed by atoms with E-state index < -0.39 is 5.60 Å². The Morgan fingerprint density at radius 3 is 2.81 bits per heavy atom. The second-order valence-electron chi connectivity index (χ2n) is 4.99. The second kappa shape index (κ2) is 4.96. The summed E-state index contributed by atoms with van der Waals surface area (Å²) >= 11 is 0. The molecule has 0 aliphatic heterocycles. The van der Waals surface area contributed by atoms with Gasteiger partial charge in [-0.25, -0.2) is 0 Å². The Hall–Kier alpha value is -0.890. The third-order valence-electron chi connectivity index (χ3n) is 3.92. The first-order chi connectivity index (χ1) is 7.74. The average molecular weight is 219 g/mol. The molecule has 16 heavy (non-hydrogen) atoms. The maximum atomic E-state index is 10.8. The van der Waals surface area contributed by atoms with E-state index in [0.29, 0.717) is 5.92 Å². The lowest BCUT2D eigenvalue weighted by Gasteiger charge is -2.40. The van der Waals surface area contributed by atoms with Crippen LogP contribution in [0.25, 0.3) is 0 Å². The smallest absolute Gasteiger partial charge is 0.0715 e. The van der Waals surface area contributed by atoms with Crippen molar-refractivity contribution in [1.82, 2.24) is 4.98 Å². The predicted octanol–water partition coefficient (Wildman–Crippen LogP) is 2.96. The first kappa shape index (κ1) is 11.6. The topological polar surface area (TPSA) is 33.1 Å². The summed E-state index contributed by atoms with van der Waals surface area (Å²) in [5.41, 5.74) is 0.729. The minimum Gasteiger partial charge on any atom is -0.389 e. The Morgan fingerprint density at radius 1 is 1.38 bits per heavy atom. The van der Waals surface area contributed by atoms with Crippen molar-refractivity contribution in [3.8, 4) is 0 Å². The largest absolute Gasteiger partial charge is 0.389 e. The van der Waals surface area contributed by atoms with Crippen LogP contribution in [-0.4, -0.2) is 15.7 Å². The molecule has 1 fully saturated rings. The van der Waals surface area contributed by atoms with Gasteiger partial charge in [0.05, 0.1) is 5.60 Å². The quantitative estimate of drug-likeness (QED) is 0.848. The van der Waals surface area contributed by atoms with E-state index in [-0.39, 0.29) is 0 Å². The number of hydrogen-bond acceptors (Lipinski definition) is 2. The fourth-order valence-electron chi connectivity index (χ4n) is 2.97. The van der Waals surface area contributed by atoms with Crippen molar-refractivity contribution >= 4 is 0 Å². The van der Waals surface area contributed by atoms with Crippen LogP contribution in [0.1, 0.15) is 44.6 Å². The van der Waals surface area contributed by atoms with Crippen molar-refractivity contribution in [2.45, 2.75) is 51.0 Å². The summed E-state index contributed by atoms with van der Waals surface area (Å²) in [4.78, 5) is 4.02. The van der Waals surface area contributed by atoms with E-state index in [0.717, 1.165) is 25.7 Å². The highest BCUT2D eigenvalue weighted by Gasteiger charge is 2.37. The first-order valence-electron chi connectivity index (χ1n) is 6.36. The van der Waals surface area contributed by atoms with Crippen LogP contribution in [0.15, 0.2) is 24.5 Å². The molecule has 2 unspecified atom stereocenters. The van der Waals surface area contributed by atoms with Gasteiger partial charge in [0.15, 0.2) is 0 Å². The third-order valence-corrected chi connectivity index (χ3v) is 3.92. The number of aromatic nitrogens is 1. The van der Waals surface area contributed by atoms with E-state index >= 15 is 0 Å². The molecule has 0 amide bonds. The predicted molar refractivity (Wildman–Crippen MR) is 65.1 cm³/mol. The van der Waals surface area contributed by atoms with Crippen molar-refractivity contribution in [2.24, 2.45) is 5.92 Å². The van der Waals surface area contributed by atoms with Gasteiger partial charge in [-0.2, -0.15) is 0 Å². The minimum atomic E-state index is -0.478. The van der Waals surface area contributed by atoms with Crippen molar-refractivity contribution in [1.29, 1.82) is 0 Å². The van der Waals surface area contributed by atoms with Gasteiger partial charge in [0.25, 0.3) is 0 Å². The van der Waals surface area contributed by atoms with E-state index in [9.17, 15) is 5.11 Å². The Balaban J connectivity index is 2.11. The van der Waals surface area contributed by atoms with Crippen LogP contribution in [0.3, 0.4) is 0 Å². The van der Waals surface area contributed by atoms with Gasteiger partial charge in [0.2, 0.25) is 0 Å². The van der Waals surface area contributed by atoms with Crippen LogP contribution in [0.4, 0.5) is 0 Å². The van der Waals surface area contributed by atoms with Crippen LogP contribution < -0.4 is 0 Å². The fraction of sp³-hybridized carbons (Fsp3) is 0.643. The molecule has 0 radical (unpaired) electrons. The summed E-state index contributed by atoms with van der Waals surface area (Å²) in [6.07, 6.45) is 10.1. The van der Waals surface area contributed by atoms with Gasteiger partial charge in [-0.1, -0.05) is 26.2 Å². The van der Waals surface area contributed by atoms with Crippen molar-refractivity contribution in [2.75, 3.05) is 0 Å². The monoisotopic (exact) mass is 219 g/mol. The maximum absolute atomic E-state index is 10.8. The van der Waals surface area contributed by atoms with Gasteiger partial charge in [0.1, 0.15) is 0 Å². The normalized spacial score (nSPS) is 30.2. The van der Waals surface area contributed by atoms with Gasteiger partial charge >= 0.3 is 0 Å². The maximum Gasteiger partial charge on any atom is 0.0715 e. The van der Waals surface area contributed by atoms with Crippen LogP contribution >= 0.6 is 0 Å². The lowest BCUT2D eigenvalue weighted by molar-refractivity contribution is -0.0491. The minimum absolute atomic E-state index is 0.467. The van der Waals surface area contributed by atoms with Gasteiger partial charge < -0.3 is 5.11 Å². The Labute approximate surface area is 97.7 Å². The summed E-state index contributed by atoms with van der Waals surface area (Å²) in [6.45, 7) is 2.19. The molecular formula is C14H21NO. The summed E-state index contributed by atoms with van der Waals surface area (Å²) in [6, 6.07) is 4.03. The van der Waals surface area contributed by atoms with Gasteiger partial charge in [-0.05, 0) is 36.5 Å². The number of pyridine rings is 1. The average Bonchev–Trinajstić information content (AvgIpc) is 2.30. The zero-order chi connectivity index (χ0) is 11.4. The molecule has 1 N–H and O–H groups in total. The van der Waals surface area contributed by atoms with E-state index in [1.54, 1.807) is 0 Å². The Bertz CT molecular complexity index is 325. The standard InChI is InChI=1S/C14H21NO/c1-2-13-5-3-4-8-14(13,16)11-12-6-9-15-10-7-12/h6-7,9-10,13,16H,2-5,8,11H2,1H3. The van der Waals surface area contributed by atoms with E-state index in [2.05, 4.69) is 11.9 Å². The molecule has 2 heteroatoms. The van der Waals surface area contributed by atoms with Crippen LogP contribution in [-0.2, 0) is 6.42 Å². The summed E-state index contributed by atoms with van der Waals surface area (Å²) in [5.74, 6) is 0.467. The van der Waals surface area contributed by atoms with Crippen LogP contribution in [0.5, 0.6) is 0 Å². The lowest BCUT2D eigenvalue weighted by atomic mass is 9.71. The SMILES string of the molecule is CCC1CCCCC1(O)Cc1ccncc1. The molecule has 1 aromatic heterocycles. The Kier molecular flexibility index (Phi) is 3.59. The zero-order valence-corrected chi connectivity index (χ0v) is 10.0. The molecule has 0 saturated heterocycles. The molecule has 1 heterocycles. The molecule has 0 aromatic carbocycles. The van der Waals surface area contributed by atoms with Gasteiger partial charge in [0, 0.05) is 18.8 Å².